The monoisotopic (exact) mass is 914 g/mol. The molecule has 0 saturated carbocycles. The molecule has 14 rings (SSSR count). The number of benzene rings is 11. The van der Waals surface area contributed by atoms with Crippen LogP contribution in [0, 0.1) is 0 Å². The fourth-order valence-corrected chi connectivity index (χ4v) is 12.4. The number of rotatable bonds is 8. The highest BCUT2D eigenvalue weighted by molar-refractivity contribution is 6.05. The van der Waals surface area contributed by atoms with Crippen LogP contribution in [-0.2, 0) is 10.8 Å². The van der Waals surface area contributed by atoms with E-state index in [-0.39, 0.29) is 0 Å². The SMILES string of the molecule is c1ccc(-c2nc(-c3ccc4c(c3)C(c3ccccc3)(c3ccccc3)c3ccccc3-4)cc(-c3ccc(-c4ccc5c(c4)-c4ccccc4C5(c4ccccc4)c4ccccc4)c4ccccc34)n2)cc1. The highest BCUT2D eigenvalue weighted by Gasteiger charge is 2.47. The van der Waals surface area contributed by atoms with Crippen molar-refractivity contribution >= 4 is 10.8 Å². The van der Waals surface area contributed by atoms with Gasteiger partial charge >= 0.3 is 0 Å². The van der Waals surface area contributed by atoms with Gasteiger partial charge in [0.2, 0.25) is 0 Å². The van der Waals surface area contributed by atoms with E-state index in [1.54, 1.807) is 0 Å². The van der Waals surface area contributed by atoms with E-state index >= 15 is 0 Å². The van der Waals surface area contributed by atoms with E-state index in [9.17, 15) is 0 Å². The van der Waals surface area contributed by atoms with E-state index in [1.165, 1.54) is 83.3 Å². The Morgan fingerprint density at radius 3 is 1.21 bits per heavy atom. The third kappa shape index (κ3) is 6.22. The minimum absolute atomic E-state index is 0.451. The summed E-state index contributed by atoms with van der Waals surface area (Å²) in [5.74, 6) is 0.690. The van der Waals surface area contributed by atoms with Crippen molar-refractivity contribution < 1.29 is 0 Å². The summed E-state index contributed by atoms with van der Waals surface area (Å²) in [5.41, 5.74) is 21.4. The molecule has 2 heteroatoms. The zero-order valence-corrected chi connectivity index (χ0v) is 39.5. The van der Waals surface area contributed by atoms with E-state index in [0.29, 0.717) is 5.82 Å². The highest BCUT2D eigenvalue weighted by Crippen LogP contribution is 2.58. The molecule has 0 radical (unpaired) electrons. The molecule has 0 unspecified atom stereocenters. The molecule has 0 spiro atoms. The first-order chi connectivity index (χ1) is 35.7. The Kier molecular flexibility index (Phi) is 9.69. The first-order valence-corrected chi connectivity index (χ1v) is 24.9. The zero-order chi connectivity index (χ0) is 47.6. The summed E-state index contributed by atoms with van der Waals surface area (Å²) in [5, 5.41) is 2.31. The second kappa shape index (κ2) is 16.7. The van der Waals surface area contributed by atoms with Gasteiger partial charge < -0.3 is 0 Å². The van der Waals surface area contributed by atoms with Crippen LogP contribution in [0.1, 0.15) is 44.5 Å². The Labute approximate surface area is 420 Å². The van der Waals surface area contributed by atoms with Gasteiger partial charge in [-0.25, -0.2) is 9.97 Å². The maximum atomic E-state index is 5.42. The van der Waals surface area contributed by atoms with E-state index in [0.717, 1.165) is 33.5 Å². The van der Waals surface area contributed by atoms with Gasteiger partial charge in [0.15, 0.2) is 5.82 Å². The van der Waals surface area contributed by atoms with Gasteiger partial charge in [-0.3, -0.25) is 0 Å². The molecule has 0 fully saturated rings. The van der Waals surface area contributed by atoms with E-state index in [4.69, 9.17) is 9.97 Å². The molecular formula is C70H46N2. The molecule has 2 nitrogen and oxygen atoms in total. The van der Waals surface area contributed by atoms with E-state index in [1.807, 2.05) is 6.07 Å². The third-order valence-corrected chi connectivity index (χ3v) is 15.5. The quantitative estimate of drug-likeness (QED) is 0.152. The fraction of sp³-hybridized carbons (Fsp3) is 0.0286. The molecule has 72 heavy (non-hydrogen) atoms. The number of aromatic nitrogens is 2. The molecular weight excluding hydrogens is 869 g/mol. The largest absolute Gasteiger partial charge is 0.228 e. The summed E-state index contributed by atoms with van der Waals surface area (Å²) >= 11 is 0. The lowest BCUT2D eigenvalue weighted by Gasteiger charge is -2.34. The number of fused-ring (bicyclic) bond motifs is 7. The van der Waals surface area contributed by atoms with Gasteiger partial charge in [0.1, 0.15) is 0 Å². The van der Waals surface area contributed by atoms with Crippen LogP contribution in [0.5, 0.6) is 0 Å². The second-order valence-corrected chi connectivity index (χ2v) is 19.1. The molecule has 0 N–H and O–H groups in total. The molecule has 11 aromatic carbocycles. The van der Waals surface area contributed by atoms with Crippen LogP contribution in [0.15, 0.2) is 279 Å². The summed E-state index contributed by atoms with van der Waals surface area (Å²) in [6.45, 7) is 0. The maximum Gasteiger partial charge on any atom is 0.160 e. The highest BCUT2D eigenvalue weighted by atomic mass is 14.9. The Bertz CT molecular complexity index is 3940. The zero-order valence-electron chi connectivity index (χ0n) is 39.5. The lowest BCUT2D eigenvalue weighted by molar-refractivity contribution is 0.768. The lowest BCUT2D eigenvalue weighted by Crippen LogP contribution is -2.28. The van der Waals surface area contributed by atoms with Crippen LogP contribution < -0.4 is 0 Å². The standard InChI is InChI=1S/C70H46N2/c1-6-22-47(23-7-1)68-71-66(49-38-40-59-57-34-18-20-36-62(57)70(65(59)45-49,52-28-12-4-13-29-52)53-30-14-5-15-31-53)46-67(72-68)60-42-41-54(55-32-16-17-33-56(55)60)48-39-43-64-61(44-48)58-35-19-21-37-63(58)69(64,50-24-8-2-9-25-50)51-26-10-3-11-27-51/h1-46H. The molecule has 12 aromatic rings. The smallest absolute Gasteiger partial charge is 0.160 e. The molecule has 0 saturated heterocycles. The van der Waals surface area contributed by atoms with Crippen LogP contribution in [0.25, 0.3) is 78.1 Å². The van der Waals surface area contributed by atoms with Crippen LogP contribution in [0.3, 0.4) is 0 Å². The Hall–Kier alpha value is -9.24. The average Bonchev–Trinajstić information content (AvgIpc) is 3.94. The lowest BCUT2D eigenvalue weighted by atomic mass is 9.67. The second-order valence-electron chi connectivity index (χ2n) is 19.1. The van der Waals surface area contributed by atoms with Crippen molar-refractivity contribution in [1.29, 1.82) is 0 Å². The first kappa shape index (κ1) is 41.7. The van der Waals surface area contributed by atoms with Gasteiger partial charge in [-0.05, 0) is 107 Å². The molecule has 0 atom stereocenters. The summed E-state index contributed by atoms with van der Waals surface area (Å²) in [4.78, 5) is 10.8. The van der Waals surface area contributed by atoms with Gasteiger partial charge in [0.05, 0.1) is 22.2 Å². The fourth-order valence-electron chi connectivity index (χ4n) is 12.4. The van der Waals surface area contributed by atoms with Crippen LogP contribution >= 0.6 is 0 Å². The van der Waals surface area contributed by atoms with E-state index < -0.39 is 10.8 Å². The number of nitrogens with zero attached hydrogens (tertiary/aromatic N) is 2. The van der Waals surface area contributed by atoms with Gasteiger partial charge in [-0.2, -0.15) is 0 Å². The van der Waals surface area contributed by atoms with Crippen molar-refractivity contribution in [3.63, 3.8) is 0 Å². The molecule has 0 amide bonds. The Balaban J connectivity index is 0.944. The molecule has 1 heterocycles. The number of hydrogen-bond acceptors (Lipinski definition) is 2. The van der Waals surface area contributed by atoms with Crippen molar-refractivity contribution in [2.24, 2.45) is 0 Å². The summed E-state index contributed by atoms with van der Waals surface area (Å²) in [6.07, 6.45) is 0. The maximum absolute atomic E-state index is 5.42. The first-order valence-electron chi connectivity index (χ1n) is 24.9. The van der Waals surface area contributed by atoms with Crippen LogP contribution in [0.2, 0.25) is 0 Å². The summed E-state index contributed by atoms with van der Waals surface area (Å²) in [7, 11) is 0. The minimum Gasteiger partial charge on any atom is -0.228 e. The topological polar surface area (TPSA) is 25.8 Å². The van der Waals surface area contributed by atoms with Crippen LogP contribution in [-0.4, -0.2) is 9.97 Å². The molecule has 336 valence electrons. The predicted molar refractivity (Wildman–Crippen MR) is 296 cm³/mol. The molecule has 1 aromatic heterocycles. The van der Waals surface area contributed by atoms with E-state index in [2.05, 4.69) is 273 Å². The molecule has 0 aliphatic heterocycles. The predicted octanol–water partition coefficient (Wildman–Crippen LogP) is 17.0. The average molecular weight is 915 g/mol. The van der Waals surface area contributed by atoms with Crippen molar-refractivity contribution in [2.75, 3.05) is 0 Å². The molecule has 2 aliphatic carbocycles. The number of hydrogen-bond donors (Lipinski definition) is 0. The van der Waals surface area contributed by atoms with Gasteiger partial charge in [0.25, 0.3) is 0 Å². The van der Waals surface area contributed by atoms with Crippen molar-refractivity contribution in [3.8, 4) is 67.3 Å². The summed E-state index contributed by atoms with van der Waals surface area (Å²) in [6, 6.07) is 102. The van der Waals surface area contributed by atoms with Gasteiger partial charge in [-0.15, -0.1) is 0 Å². The third-order valence-electron chi connectivity index (χ3n) is 15.5. The van der Waals surface area contributed by atoms with Gasteiger partial charge in [0, 0.05) is 16.7 Å². The molecule has 0 bridgehead atoms. The Morgan fingerprint density at radius 1 is 0.222 bits per heavy atom. The molecule has 2 aliphatic rings. The van der Waals surface area contributed by atoms with Gasteiger partial charge in [-0.1, -0.05) is 261 Å². The Morgan fingerprint density at radius 2 is 0.625 bits per heavy atom. The minimum atomic E-state index is -0.529. The van der Waals surface area contributed by atoms with Crippen molar-refractivity contribution in [1.82, 2.24) is 9.97 Å². The normalized spacial score (nSPS) is 13.5. The van der Waals surface area contributed by atoms with Crippen molar-refractivity contribution in [2.45, 2.75) is 10.8 Å². The van der Waals surface area contributed by atoms with Crippen LogP contribution in [0.4, 0.5) is 0 Å². The summed E-state index contributed by atoms with van der Waals surface area (Å²) < 4.78 is 0. The van der Waals surface area contributed by atoms with Crippen molar-refractivity contribution in [3.05, 3.63) is 324 Å².